The number of rotatable bonds is 6. The van der Waals surface area contributed by atoms with E-state index in [2.05, 4.69) is 0 Å². The molecule has 4 aliphatic carbocycles. The summed E-state index contributed by atoms with van der Waals surface area (Å²) in [6, 6.07) is 9.98. The molecule has 0 N–H and O–H groups in total. The number of benzene rings is 1. The first kappa shape index (κ1) is 17.4. The van der Waals surface area contributed by atoms with Crippen molar-refractivity contribution in [3.05, 3.63) is 35.9 Å². The number of hydrogen-bond acceptors (Lipinski definition) is 3. The second kappa shape index (κ2) is 6.73. The van der Waals surface area contributed by atoms with Gasteiger partial charge in [0, 0.05) is 6.42 Å². The molecule has 1 aliphatic heterocycles. The zero-order valence-corrected chi connectivity index (χ0v) is 15.9. The van der Waals surface area contributed by atoms with Crippen molar-refractivity contribution in [2.75, 3.05) is 13.2 Å². The molecule has 5 aliphatic rings. The van der Waals surface area contributed by atoms with Gasteiger partial charge in [0.1, 0.15) is 0 Å². The van der Waals surface area contributed by atoms with E-state index in [4.69, 9.17) is 4.74 Å². The van der Waals surface area contributed by atoms with Crippen LogP contribution in [0.1, 0.15) is 50.5 Å². The molecule has 144 valence electrons. The lowest BCUT2D eigenvalue weighted by Gasteiger charge is -2.56. The van der Waals surface area contributed by atoms with E-state index in [9.17, 15) is 9.59 Å². The van der Waals surface area contributed by atoms with Crippen LogP contribution < -0.4 is 0 Å². The van der Waals surface area contributed by atoms with E-state index in [0.717, 1.165) is 23.3 Å². The minimum Gasteiger partial charge on any atom is -0.373 e. The first-order valence-electron chi connectivity index (χ1n) is 10.6. The van der Waals surface area contributed by atoms with Crippen molar-refractivity contribution in [1.29, 1.82) is 0 Å². The molecule has 4 saturated carbocycles. The predicted octanol–water partition coefficient (Wildman–Crippen LogP) is 3.59. The van der Waals surface area contributed by atoms with Crippen LogP contribution in [-0.2, 0) is 20.7 Å². The Hall–Kier alpha value is -1.68. The summed E-state index contributed by atoms with van der Waals surface area (Å²) in [5, 5.41) is 0. The van der Waals surface area contributed by atoms with Gasteiger partial charge < -0.3 is 4.74 Å². The minimum atomic E-state index is -0.209. The molecule has 27 heavy (non-hydrogen) atoms. The Morgan fingerprint density at radius 2 is 1.59 bits per heavy atom. The molecule has 1 unspecified atom stereocenters. The monoisotopic (exact) mass is 367 g/mol. The molecule has 1 atom stereocenters. The van der Waals surface area contributed by atoms with Gasteiger partial charge in [0.2, 0.25) is 11.8 Å². The third-order valence-electron chi connectivity index (χ3n) is 7.37. The maximum Gasteiger partial charge on any atom is 0.233 e. The predicted molar refractivity (Wildman–Crippen MR) is 102 cm³/mol. The van der Waals surface area contributed by atoms with E-state index in [1.165, 1.54) is 43.4 Å². The fraction of sp³-hybridized carbons (Fsp3) is 0.652. The number of likely N-dealkylation sites (tertiary alicyclic amines) is 1. The Kier molecular flexibility index (Phi) is 4.34. The molecule has 5 fully saturated rings. The molecule has 1 heterocycles. The Morgan fingerprint density at radius 1 is 0.963 bits per heavy atom. The SMILES string of the molecule is O=C1CC(Cc2ccccc2)C(=O)N1CCOC12CC3CC(CC(C3)C1)C2. The van der Waals surface area contributed by atoms with Crippen molar-refractivity contribution in [3.63, 3.8) is 0 Å². The highest BCUT2D eigenvalue weighted by atomic mass is 16.5. The third kappa shape index (κ3) is 3.33. The van der Waals surface area contributed by atoms with Crippen LogP contribution >= 0.6 is 0 Å². The van der Waals surface area contributed by atoms with Crippen molar-refractivity contribution in [3.8, 4) is 0 Å². The molecule has 1 saturated heterocycles. The Balaban J connectivity index is 1.17. The van der Waals surface area contributed by atoms with Crippen LogP contribution in [0.25, 0.3) is 0 Å². The number of imide groups is 1. The van der Waals surface area contributed by atoms with Crippen LogP contribution in [0.2, 0.25) is 0 Å². The Morgan fingerprint density at radius 3 is 2.22 bits per heavy atom. The van der Waals surface area contributed by atoms with Crippen LogP contribution in [-0.4, -0.2) is 35.5 Å². The summed E-state index contributed by atoms with van der Waals surface area (Å²) < 4.78 is 6.41. The van der Waals surface area contributed by atoms with Gasteiger partial charge in [-0.2, -0.15) is 0 Å². The topological polar surface area (TPSA) is 46.6 Å². The first-order chi connectivity index (χ1) is 13.1. The Bertz CT molecular complexity index is 693. The summed E-state index contributed by atoms with van der Waals surface area (Å²) >= 11 is 0. The minimum absolute atomic E-state index is 0.0158. The number of nitrogens with zero attached hydrogens (tertiary/aromatic N) is 1. The summed E-state index contributed by atoms with van der Waals surface area (Å²) in [5.74, 6) is 2.29. The van der Waals surface area contributed by atoms with E-state index in [1.807, 2.05) is 30.3 Å². The van der Waals surface area contributed by atoms with E-state index < -0.39 is 0 Å². The molecule has 4 bridgehead atoms. The Labute approximate surface area is 161 Å². The van der Waals surface area contributed by atoms with Crippen molar-refractivity contribution in [1.82, 2.24) is 4.90 Å². The summed E-state index contributed by atoms with van der Waals surface area (Å²) in [6.07, 6.45) is 8.75. The summed E-state index contributed by atoms with van der Waals surface area (Å²) in [7, 11) is 0. The molecule has 1 aromatic rings. The number of carbonyl (C=O) groups is 2. The zero-order chi connectivity index (χ0) is 18.4. The van der Waals surface area contributed by atoms with Crippen LogP contribution in [0, 0.1) is 23.7 Å². The van der Waals surface area contributed by atoms with E-state index in [1.54, 1.807) is 0 Å². The number of amides is 2. The highest BCUT2D eigenvalue weighted by Crippen LogP contribution is 2.57. The van der Waals surface area contributed by atoms with Crippen molar-refractivity contribution >= 4 is 11.8 Å². The molecule has 0 spiro atoms. The lowest BCUT2D eigenvalue weighted by atomic mass is 9.54. The molecule has 0 radical (unpaired) electrons. The fourth-order valence-corrected chi connectivity index (χ4v) is 6.61. The number of carbonyl (C=O) groups excluding carboxylic acids is 2. The number of hydrogen-bond donors (Lipinski definition) is 0. The lowest BCUT2D eigenvalue weighted by Crippen LogP contribution is -2.52. The first-order valence-corrected chi connectivity index (χ1v) is 10.6. The van der Waals surface area contributed by atoms with Crippen molar-refractivity contribution < 1.29 is 14.3 Å². The molecule has 4 heteroatoms. The van der Waals surface area contributed by atoms with Gasteiger partial charge >= 0.3 is 0 Å². The average Bonchev–Trinajstić information content (AvgIpc) is 2.89. The zero-order valence-electron chi connectivity index (χ0n) is 15.9. The molecule has 0 aromatic heterocycles. The molecule has 1 aromatic carbocycles. The van der Waals surface area contributed by atoms with Gasteiger partial charge in [-0.1, -0.05) is 30.3 Å². The second-order valence-corrected chi connectivity index (χ2v) is 9.42. The quantitative estimate of drug-likeness (QED) is 0.722. The van der Waals surface area contributed by atoms with Gasteiger partial charge in [-0.25, -0.2) is 0 Å². The van der Waals surface area contributed by atoms with Crippen LogP contribution in [0.5, 0.6) is 0 Å². The second-order valence-electron chi connectivity index (χ2n) is 9.42. The van der Waals surface area contributed by atoms with Crippen LogP contribution in [0.3, 0.4) is 0 Å². The standard InChI is InChI=1S/C23H29NO3/c25-21-12-20(11-16-4-2-1-3-5-16)22(26)24(21)6-7-27-23-13-17-8-18(14-23)10-19(9-17)15-23/h1-5,17-20H,6-15H2. The van der Waals surface area contributed by atoms with Crippen molar-refractivity contribution in [2.24, 2.45) is 23.7 Å². The smallest absolute Gasteiger partial charge is 0.233 e. The highest BCUT2D eigenvalue weighted by molar-refractivity contribution is 6.03. The summed E-state index contributed by atoms with van der Waals surface area (Å²) in [4.78, 5) is 26.6. The third-order valence-corrected chi connectivity index (χ3v) is 7.37. The van der Waals surface area contributed by atoms with E-state index in [0.29, 0.717) is 26.0 Å². The van der Waals surface area contributed by atoms with Crippen LogP contribution in [0.4, 0.5) is 0 Å². The summed E-state index contributed by atoms with van der Waals surface area (Å²) in [6.45, 7) is 0.923. The van der Waals surface area contributed by atoms with Gasteiger partial charge in [0.15, 0.2) is 0 Å². The normalized spacial score (nSPS) is 37.4. The fourth-order valence-electron chi connectivity index (χ4n) is 6.61. The van der Waals surface area contributed by atoms with Crippen molar-refractivity contribution in [2.45, 2.75) is 57.0 Å². The van der Waals surface area contributed by atoms with E-state index in [-0.39, 0.29) is 23.3 Å². The molecule has 6 rings (SSSR count). The summed E-state index contributed by atoms with van der Waals surface area (Å²) in [5.41, 5.74) is 1.17. The van der Waals surface area contributed by atoms with Gasteiger partial charge in [0.05, 0.1) is 24.7 Å². The number of ether oxygens (including phenoxy) is 1. The lowest BCUT2D eigenvalue weighted by molar-refractivity contribution is -0.167. The van der Waals surface area contributed by atoms with Gasteiger partial charge in [0.25, 0.3) is 0 Å². The molecule has 4 nitrogen and oxygen atoms in total. The van der Waals surface area contributed by atoms with E-state index >= 15 is 0 Å². The van der Waals surface area contributed by atoms with Crippen LogP contribution in [0.15, 0.2) is 30.3 Å². The van der Waals surface area contributed by atoms with Gasteiger partial charge in [-0.15, -0.1) is 0 Å². The molecular formula is C23H29NO3. The molecule has 2 amide bonds. The highest BCUT2D eigenvalue weighted by Gasteiger charge is 2.51. The maximum atomic E-state index is 12.7. The molecular weight excluding hydrogens is 338 g/mol. The van der Waals surface area contributed by atoms with Gasteiger partial charge in [-0.05, 0) is 68.3 Å². The maximum absolute atomic E-state index is 12.7. The van der Waals surface area contributed by atoms with Gasteiger partial charge in [-0.3, -0.25) is 14.5 Å². The largest absolute Gasteiger partial charge is 0.373 e. The average molecular weight is 367 g/mol.